The minimum absolute atomic E-state index is 0.000429. The Kier molecular flexibility index (Phi) is 6.92. The summed E-state index contributed by atoms with van der Waals surface area (Å²) in [7, 11) is 0. The Morgan fingerprint density at radius 3 is 2.58 bits per heavy atom. The molecule has 4 rings (SSSR count). The number of aliphatic hydroxyl groups is 2. The molecule has 0 aromatic heterocycles. The Balaban J connectivity index is 1.35. The molecule has 0 radical (unpaired) electrons. The summed E-state index contributed by atoms with van der Waals surface area (Å²) in [6.07, 6.45) is 11.1. The van der Waals surface area contributed by atoms with Gasteiger partial charge in [-0.3, -0.25) is 4.79 Å². The monoisotopic (exact) mass is 502 g/mol. The molecule has 4 N–H and O–H groups in total. The highest BCUT2D eigenvalue weighted by molar-refractivity contribution is 6.05. The Bertz CT molecular complexity index is 998. The van der Waals surface area contributed by atoms with Crippen molar-refractivity contribution in [2.75, 3.05) is 13.2 Å². The van der Waals surface area contributed by atoms with Crippen LogP contribution in [0.15, 0.2) is 29.0 Å². The second-order valence-electron chi connectivity index (χ2n) is 12.8. The maximum atomic E-state index is 12.1. The predicted octanol–water partition coefficient (Wildman–Crippen LogP) is 3.44. The molecule has 4 unspecified atom stereocenters. The van der Waals surface area contributed by atoms with Crippen molar-refractivity contribution >= 4 is 17.6 Å². The van der Waals surface area contributed by atoms with E-state index < -0.39 is 29.0 Å². The first-order valence-corrected chi connectivity index (χ1v) is 13.2. The average Bonchev–Trinajstić information content (AvgIpc) is 3.06. The second-order valence-corrected chi connectivity index (χ2v) is 12.8. The fourth-order valence-corrected chi connectivity index (χ4v) is 7.48. The molecule has 0 aromatic rings. The number of aliphatic carboxylic acids is 1. The zero-order chi connectivity index (χ0) is 26.5. The molecule has 0 spiro atoms. The lowest BCUT2D eigenvalue weighted by atomic mass is 9.47. The van der Waals surface area contributed by atoms with Crippen molar-refractivity contribution in [3.63, 3.8) is 0 Å². The molecule has 0 heterocycles. The van der Waals surface area contributed by atoms with Crippen molar-refractivity contribution in [2.45, 2.75) is 84.8 Å². The fourth-order valence-electron chi connectivity index (χ4n) is 7.48. The molecule has 0 bridgehead atoms. The molecule has 3 saturated carbocycles. The summed E-state index contributed by atoms with van der Waals surface area (Å²) in [4.78, 5) is 28.4. The molecule has 0 saturated heterocycles. The van der Waals surface area contributed by atoms with Crippen LogP contribution >= 0.6 is 0 Å². The summed E-state index contributed by atoms with van der Waals surface area (Å²) >= 11 is 0. The van der Waals surface area contributed by atoms with Crippen molar-refractivity contribution in [3.05, 3.63) is 23.8 Å². The van der Waals surface area contributed by atoms with E-state index in [4.69, 9.17) is 9.94 Å². The summed E-state index contributed by atoms with van der Waals surface area (Å²) in [5.41, 5.74) is 0.434. The number of amides is 1. The highest BCUT2D eigenvalue weighted by Gasteiger charge is 2.62. The van der Waals surface area contributed by atoms with Gasteiger partial charge in [-0.1, -0.05) is 44.5 Å². The Morgan fingerprint density at radius 2 is 1.89 bits per heavy atom. The molecule has 0 aromatic carbocycles. The zero-order valence-corrected chi connectivity index (χ0v) is 22.2. The van der Waals surface area contributed by atoms with Crippen molar-refractivity contribution < 1.29 is 29.7 Å². The van der Waals surface area contributed by atoms with Gasteiger partial charge in [-0.05, 0) is 80.8 Å². The van der Waals surface area contributed by atoms with Gasteiger partial charge >= 0.3 is 5.97 Å². The third-order valence-corrected chi connectivity index (χ3v) is 10.2. The van der Waals surface area contributed by atoms with Crippen molar-refractivity contribution in [1.29, 1.82) is 0 Å². The topological polar surface area (TPSA) is 128 Å². The third kappa shape index (κ3) is 4.51. The van der Waals surface area contributed by atoms with E-state index >= 15 is 0 Å². The molecule has 1 amide bonds. The molecule has 36 heavy (non-hydrogen) atoms. The van der Waals surface area contributed by atoms with Crippen LogP contribution < -0.4 is 5.32 Å². The molecule has 8 heteroatoms. The largest absolute Gasteiger partial charge is 0.479 e. The molecule has 200 valence electrons. The average molecular weight is 503 g/mol. The van der Waals surface area contributed by atoms with Crippen LogP contribution in [0.2, 0.25) is 0 Å². The van der Waals surface area contributed by atoms with Crippen LogP contribution in [0.25, 0.3) is 0 Å². The minimum Gasteiger partial charge on any atom is -0.479 e. The number of aliphatic hydroxyl groups excluding tert-OH is 1. The predicted molar refractivity (Wildman–Crippen MR) is 136 cm³/mol. The number of carboxylic acids is 1. The molecule has 7 atom stereocenters. The maximum Gasteiger partial charge on any atom is 0.333 e. The van der Waals surface area contributed by atoms with Gasteiger partial charge in [0, 0.05) is 17.4 Å². The van der Waals surface area contributed by atoms with Crippen LogP contribution in [-0.2, 0) is 14.4 Å². The number of nitrogens with one attached hydrogen (secondary N) is 1. The van der Waals surface area contributed by atoms with E-state index in [9.17, 15) is 19.8 Å². The summed E-state index contributed by atoms with van der Waals surface area (Å²) < 4.78 is 0. The Morgan fingerprint density at radius 1 is 1.19 bits per heavy atom. The standard InChI is InChI=1S/C28H42N2O6/c1-25(2,23(32)24(33)34)16-29-22(31)15-36-30-18-8-11-26(3)17(14-18)6-7-19-20(26)9-12-27(4)21(19)10-13-28(27,5)35/h8,11,14,19-21,23,32,35H,6-7,9-10,12-13,15-16H2,1-5H3,(H,29,31)(H,33,34)/t19?,20?,21?,23?,26-,27-,28-/m0/s1. The van der Waals surface area contributed by atoms with Gasteiger partial charge in [-0.25, -0.2) is 4.79 Å². The van der Waals surface area contributed by atoms with Gasteiger partial charge in [-0.2, -0.15) is 0 Å². The van der Waals surface area contributed by atoms with Gasteiger partial charge in [-0.15, -0.1) is 0 Å². The van der Waals surface area contributed by atoms with E-state index in [0.717, 1.165) is 38.5 Å². The fraction of sp³-hybridized carbons (Fsp3) is 0.750. The van der Waals surface area contributed by atoms with Crippen LogP contribution in [-0.4, -0.2) is 57.8 Å². The lowest BCUT2D eigenvalue weighted by Gasteiger charge is -2.58. The summed E-state index contributed by atoms with van der Waals surface area (Å²) in [6, 6.07) is 0. The highest BCUT2D eigenvalue weighted by atomic mass is 16.6. The number of oxime groups is 1. The quantitative estimate of drug-likeness (QED) is 0.395. The smallest absolute Gasteiger partial charge is 0.333 e. The zero-order valence-electron chi connectivity index (χ0n) is 22.2. The van der Waals surface area contributed by atoms with E-state index in [-0.39, 0.29) is 24.0 Å². The van der Waals surface area contributed by atoms with Crippen LogP contribution in [0.1, 0.15) is 73.1 Å². The normalized spacial score (nSPS) is 39.5. The summed E-state index contributed by atoms with van der Waals surface area (Å²) in [5.74, 6) is -0.0187. The molecular formula is C28H42N2O6. The van der Waals surface area contributed by atoms with E-state index in [2.05, 4.69) is 36.5 Å². The number of fused-ring (bicyclic) bond motifs is 5. The molecule has 3 fully saturated rings. The van der Waals surface area contributed by atoms with Crippen molar-refractivity contribution in [2.24, 2.45) is 39.2 Å². The Labute approximate surface area is 213 Å². The van der Waals surface area contributed by atoms with E-state index in [1.165, 1.54) is 5.57 Å². The van der Waals surface area contributed by atoms with E-state index in [1.54, 1.807) is 13.8 Å². The molecule has 8 nitrogen and oxygen atoms in total. The Hall–Kier alpha value is -2.19. The van der Waals surface area contributed by atoms with Crippen LogP contribution in [0, 0.1) is 34.0 Å². The van der Waals surface area contributed by atoms with Gasteiger partial charge in [0.15, 0.2) is 12.7 Å². The molecular weight excluding hydrogens is 460 g/mol. The number of carbonyl (C=O) groups is 2. The van der Waals surface area contributed by atoms with Crippen molar-refractivity contribution in [1.82, 2.24) is 5.32 Å². The second kappa shape index (κ2) is 9.28. The molecule has 4 aliphatic carbocycles. The lowest BCUT2D eigenvalue weighted by molar-refractivity contribution is -0.153. The number of carboxylic acid groups (broad SMARTS) is 1. The lowest BCUT2D eigenvalue weighted by Crippen LogP contribution is -2.53. The van der Waals surface area contributed by atoms with Gasteiger partial charge < -0.3 is 25.5 Å². The minimum atomic E-state index is -1.58. The third-order valence-electron chi connectivity index (χ3n) is 10.2. The van der Waals surface area contributed by atoms with Crippen LogP contribution in [0.4, 0.5) is 0 Å². The maximum absolute atomic E-state index is 12.1. The van der Waals surface area contributed by atoms with E-state index in [0.29, 0.717) is 23.5 Å². The number of allylic oxidation sites excluding steroid dienone is 4. The summed E-state index contributed by atoms with van der Waals surface area (Å²) in [5, 5.41) is 36.6. The number of hydrogen-bond acceptors (Lipinski definition) is 6. The first-order chi connectivity index (χ1) is 16.7. The van der Waals surface area contributed by atoms with Crippen LogP contribution in [0.3, 0.4) is 0 Å². The number of hydrogen-bond donors (Lipinski definition) is 4. The number of carbonyl (C=O) groups excluding carboxylic acids is 1. The number of nitrogens with zero attached hydrogens (tertiary/aromatic N) is 1. The van der Waals surface area contributed by atoms with Crippen molar-refractivity contribution in [3.8, 4) is 0 Å². The summed E-state index contributed by atoms with van der Waals surface area (Å²) in [6.45, 7) is 9.52. The van der Waals surface area contributed by atoms with Gasteiger partial charge in [0.1, 0.15) is 5.71 Å². The van der Waals surface area contributed by atoms with Gasteiger partial charge in [0.2, 0.25) is 0 Å². The first-order valence-electron chi connectivity index (χ1n) is 13.2. The van der Waals surface area contributed by atoms with Gasteiger partial charge in [0.25, 0.3) is 5.91 Å². The van der Waals surface area contributed by atoms with E-state index in [1.807, 2.05) is 13.0 Å². The SMILES string of the molecule is CC(C)(CNC(=O)CON=C1C=C[C@@]2(C)C(=C1)CCC1C2CC[C@@]2(C)C1CC[C@]2(C)O)C(O)C(=O)O. The first kappa shape index (κ1) is 26.9. The highest BCUT2D eigenvalue weighted by Crippen LogP contribution is 2.66. The molecule has 4 aliphatic rings. The van der Waals surface area contributed by atoms with Gasteiger partial charge in [0.05, 0.1) is 5.60 Å². The van der Waals surface area contributed by atoms with Crippen LogP contribution in [0.5, 0.6) is 0 Å². The molecule has 0 aliphatic heterocycles. The number of rotatable bonds is 7.